The van der Waals surface area contributed by atoms with Crippen LogP contribution in [0.1, 0.15) is 24.8 Å². The first-order valence-electron chi connectivity index (χ1n) is 10.0. The van der Waals surface area contributed by atoms with Crippen LogP contribution in [0.4, 0.5) is 10.2 Å². The van der Waals surface area contributed by atoms with Crippen LogP contribution in [0, 0.1) is 5.82 Å². The van der Waals surface area contributed by atoms with Gasteiger partial charge in [-0.3, -0.25) is 9.59 Å². The van der Waals surface area contributed by atoms with Crippen LogP contribution in [0.25, 0.3) is 11.3 Å². The molecule has 1 aliphatic heterocycles. The molecule has 1 aliphatic rings. The molecule has 3 aromatic rings. The fourth-order valence-corrected chi connectivity index (χ4v) is 3.60. The third-order valence-corrected chi connectivity index (χ3v) is 5.19. The Balaban J connectivity index is 1.56. The zero-order valence-electron chi connectivity index (χ0n) is 16.6. The van der Waals surface area contributed by atoms with Crippen molar-refractivity contribution < 1.29 is 14.0 Å². The topological polar surface area (TPSA) is 67.2 Å². The van der Waals surface area contributed by atoms with Crippen molar-refractivity contribution in [1.82, 2.24) is 14.5 Å². The molecule has 0 saturated carbocycles. The molecule has 2 heterocycles. The Labute approximate surface area is 174 Å². The Morgan fingerprint density at radius 2 is 1.87 bits per heavy atom. The van der Waals surface area contributed by atoms with Gasteiger partial charge in [-0.25, -0.2) is 9.37 Å². The van der Waals surface area contributed by atoms with E-state index in [4.69, 9.17) is 0 Å². The van der Waals surface area contributed by atoms with Crippen LogP contribution in [0.15, 0.2) is 60.9 Å². The summed E-state index contributed by atoms with van der Waals surface area (Å²) >= 11 is 0. The van der Waals surface area contributed by atoms with Crippen LogP contribution in [0.5, 0.6) is 0 Å². The summed E-state index contributed by atoms with van der Waals surface area (Å²) in [6.07, 6.45) is 3.29. The highest BCUT2D eigenvalue weighted by Gasteiger charge is 2.21. The molecule has 1 saturated heterocycles. The molecule has 0 aliphatic carbocycles. The van der Waals surface area contributed by atoms with Crippen molar-refractivity contribution in [3.05, 3.63) is 72.3 Å². The molecule has 0 radical (unpaired) electrons. The van der Waals surface area contributed by atoms with Crippen LogP contribution in [0.3, 0.4) is 0 Å². The molecule has 0 atom stereocenters. The molecule has 0 unspecified atom stereocenters. The molecule has 7 heteroatoms. The van der Waals surface area contributed by atoms with Gasteiger partial charge in [0, 0.05) is 31.5 Å². The smallest absolute Gasteiger partial charge is 0.227 e. The van der Waals surface area contributed by atoms with Gasteiger partial charge in [0.1, 0.15) is 17.3 Å². The molecule has 2 amide bonds. The monoisotopic (exact) mass is 406 g/mol. The molecular formula is C23H23FN4O2. The Morgan fingerprint density at radius 3 is 2.57 bits per heavy atom. The van der Waals surface area contributed by atoms with Gasteiger partial charge in [-0.15, -0.1) is 0 Å². The molecule has 2 aromatic carbocycles. The third kappa shape index (κ3) is 4.56. The SMILES string of the molecule is O=C(CCN1CCCC1=O)Nc1c(-c2ccc(F)cc2)ncn1Cc1ccccc1. The predicted molar refractivity (Wildman–Crippen MR) is 112 cm³/mol. The van der Waals surface area contributed by atoms with E-state index in [1.165, 1.54) is 12.1 Å². The first-order chi connectivity index (χ1) is 14.6. The van der Waals surface area contributed by atoms with E-state index in [2.05, 4.69) is 10.3 Å². The number of rotatable bonds is 7. The van der Waals surface area contributed by atoms with E-state index in [0.29, 0.717) is 43.1 Å². The van der Waals surface area contributed by atoms with Crippen molar-refractivity contribution in [1.29, 1.82) is 0 Å². The number of benzene rings is 2. The maximum Gasteiger partial charge on any atom is 0.227 e. The maximum absolute atomic E-state index is 13.4. The van der Waals surface area contributed by atoms with Crippen molar-refractivity contribution in [2.24, 2.45) is 0 Å². The summed E-state index contributed by atoms with van der Waals surface area (Å²) in [5.41, 5.74) is 2.36. The number of carbonyl (C=O) groups excluding carboxylic acids is 2. The normalized spacial score (nSPS) is 13.6. The summed E-state index contributed by atoms with van der Waals surface area (Å²) < 4.78 is 15.2. The second-order valence-corrected chi connectivity index (χ2v) is 7.34. The first-order valence-corrected chi connectivity index (χ1v) is 10.0. The van der Waals surface area contributed by atoms with Gasteiger partial charge in [0.05, 0.1) is 12.9 Å². The van der Waals surface area contributed by atoms with Gasteiger partial charge in [-0.2, -0.15) is 0 Å². The maximum atomic E-state index is 13.4. The lowest BCUT2D eigenvalue weighted by atomic mass is 10.1. The third-order valence-electron chi connectivity index (χ3n) is 5.19. The Kier molecular flexibility index (Phi) is 5.88. The van der Waals surface area contributed by atoms with Crippen LogP contribution in [-0.2, 0) is 16.1 Å². The average Bonchev–Trinajstić information content (AvgIpc) is 3.34. The summed E-state index contributed by atoms with van der Waals surface area (Å²) in [5.74, 6) is 0.142. The second kappa shape index (κ2) is 8.90. The van der Waals surface area contributed by atoms with Gasteiger partial charge in [-0.1, -0.05) is 30.3 Å². The standard InChI is InChI=1S/C23H23FN4O2/c24-19-10-8-18(9-11-19)22-23(26-20(29)12-14-27-13-4-7-21(27)30)28(16-25-22)15-17-5-2-1-3-6-17/h1-3,5-6,8-11,16H,4,7,12-15H2,(H,26,29). The van der Waals surface area contributed by atoms with Gasteiger partial charge in [0.2, 0.25) is 11.8 Å². The van der Waals surface area contributed by atoms with E-state index in [1.807, 2.05) is 34.9 Å². The lowest BCUT2D eigenvalue weighted by Crippen LogP contribution is -2.29. The molecule has 1 N–H and O–H groups in total. The van der Waals surface area contributed by atoms with E-state index in [1.54, 1.807) is 23.4 Å². The van der Waals surface area contributed by atoms with Crippen LogP contribution >= 0.6 is 0 Å². The van der Waals surface area contributed by atoms with Crippen molar-refractivity contribution >= 4 is 17.6 Å². The quantitative estimate of drug-likeness (QED) is 0.651. The van der Waals surface area contributed by atoms with Gasteiger partial charge in [-0.05, 0) is 36.2 Å². The molecule has 154 valence electrons. The van der Waals surface area contributed by atoms with E-state index in [9.17, 15) is 14.0 Å². The second-order valence-electron chi connectivity index (χ2n) is 7.34. The van der Waals surface area contributed by atoms with Crippen LogP contribution < -0.4 is 5.32 Å². The number of nitrogens with one attached hydrogen (secondary N) is 1. The molecule has 6 nitrogen and oxygen atoms in total. The molecule has 4 rings (SSSR count). The number of aromatic nitrogens is 2. The van der Waals surface area contributed by atoms with Crippen molar-refractivity contribution in [2.45, 2.75) is 25.8 Å². The summed E-state index contributed by atoms with van der Waals surface area (Å²) in [7, 11) is 0. The number of nitrogens with zero attached hydrogens (tertiary/aromatic N) is 3. The van der Waals surface area contributed by atoms with Gasteiger partial charge in [0.15, 0.2) is 0 Å². The zero-order chi connectivity index (χ0) is 20.9. The van der Waals surface area contributed by atoms with E-state index in [0.717, 1.165) is 12.0 Å². The number of imidazole rings is 1. The molecule has 0 spiro atoms. The molecule has 1 aromatic heterocycles. The van der Waals surface area contributed by atoms with Gasteiger partial charge >= 0.3 is 0 Å². The largest absolute Gasteiger partial charge is 0.342 e. The highest BCUT2D eigenvalue weighted by atomic mass is 19.1. The van der Waals surface area contributed by atoms with Crippen molar-refractivity contribution in [2.75, 3.05) is 18.4 Å². The van der Waals surface area contributed by atoms with Crippen LogP contribution in [0.2, 0.25) is 0 Å². The van der Waals surface area contributed by atoms with E-state index < -0.39 is 0 Å². The molecule has 0 bridgehead atoms. The summed E-state index contributed by atoms with van der Waals surface area (Å²) in [6.45, 7) is 1.65. The summed E-state index contributed by atoms with van der Waals surface area (Å²) in [4.78, 5) is 30.6. The number of likely N-dealkylation sites (tertiary alicyclic amines) is 1. The number of hydrogen-bond donors (Lipinski definition) is 1. The number of amides is 2. The lowest BCUT2D eigenvalue weighted by molar-refractivity contribution is -0.128. The molecular weight excluding hydrogens is 383 g/mol. The number of hydrogen-bond acceptors (Lipinski definition) is 3. The van der Waals surface area contributed by atoms with Crippen molar-refractivity contribution in [3.63, 3.8) is 0 Å². The predicted octanol–water partition coefficient (Wildman–Crippen LogP) is 3.69. The minimum atomic E-state index is -0.330. The Bertz CT molecular complexity index is 1030. The van der Waals surface area contributed by atoms with E-state index in [-0.39, 0.29) is 24.1 Å². The fourth-order valence-electron chi connectivity index (χ4n) is 3.60. The minimum Gasteiger partial charge on any atom is -0.342 e. The van der Waals surface area contributed by atoms with Crippen LogP contribution in [-0.4, -0.2) is 39.4 Å². The molecule has 30 heavy (non-hydrogen) atoms. The van der Waals surface area contributed by atoms with Crippen molar-refractivity contribution in [3.8, 4) is 11.3 Å². The number of anilines is 1. The highest BCUT2D eigenvalue weighted by molar-refractivity contribution is 5.94. The first kappa shape index (κ1) is 19.8. The summed E-state index contributed by atoms with van der Waals surface area (Å²) in [5, 5.41) is 2.96. The fraction of sp³-hybridized carbons (Fsp3) is 0.261. The minimum absolute atomic E-state index is 0.101. The van der Waals surface area contributed by atoms with E-state index >= 15 is 0 Å². The summed E-state index contributed by atoms with van der Waals surface area (Å²) in [6, 6.07) is 15.9. The molecule has 1 fully saturated rings. The highest BCUT2D eigenvalue weighted by Crippen LogP contribution is 2.28. The number of halogens is 1. The number of carbonyl (C=O) groups is 2. The van der Waals surface area contributed by atoms with Gasteiger partial charge in [0.25, 0.3) is 0 Å². The Morgan fingerprint density at radius 1 is 1.10 bits per heavy atom. The zero-order valence-corrected chi connectivity index (χ0v) is 16.6. The lowest BCUT2D eigenvalue weighted by Gasteiger charge is -2.16. The average molecular weight is 406 g/mol. The Hall–Kier alpha value is -3.48. The van der Waals surface area contributed by atoms with Gasteiger partial charge < -0.3 is 14.8 Å².